The molecular formula is C11H17BrClNS. The van der Waals surface area contributed by atoms with Crippen LogP contribution in [0.3, 0.4) is 0 Å². The lowest BCUT2D eigenvalue weighted by molar-refractivity contribution is 0.737. The number of rotatable bonds is 2. The molecule has 0 fully saturated rings. The van der Waals surface area contributed by atoms with E-state index in [-0.39, 0.29) is 0 Å². The second kappa shape index (κ2) is 8.45. The van der Waals surface area contributed by atoms with Crippen LogP contribution in [0.25, 0.3) is 0 Å². The maximum atomic E-state index is 5.90. The first kappa shape index (κ1) is 15.3. The minimum absolute atomic E-state index is 0.676. The smallest absolute Gasteiger partial charge is 0.0462 e. The molecule has 1 N–H and O–H groups in total. The highest BCUT2D eigenvalue weighted by Crippen LogP contribution is 2.20. The fraction of sp³-hybridized carbons (Fsp3) is 0.455. The molecule has 0 bridgehead atoms. The second-order valence-corrected chi connectivity index (χ2v) is 5.44. The van der Waals surface area contributed by atoms with Gasteiger partial charge in [-0.15, -0.1) is 0 Å². The number of hydrogen-bond donors (Lipinski definition) is 2. The van der Waals surface area contributed by atoms with E-state index in [1.165, 1.54) is 0 Å². The molecule has 1 rings (SSSR count). The van der Waals surface area contributed by atoms with E-state index in [2.05, 4.69) is 54.2 Å². The zero-order valence-electron chi connectivity index (χ0n) is 9.22. The summed E-state index contributed by atoms with van der Waals surface area (Å²) in [5.41, 5.74) is 1.05. The third-order valence-electron chi connectivity index (χ3n) is 1.28. The lowest BCUT2D eigenvalue weighted by Crippen LogP contribution is -1.98. The van der Waals surface area contributed by atoms with E-state index in [1.807, 2.05) is 18.2 Å². The Kier molecular flexibility index (Phi) is 8.62. The first-order valence-corrected chi connectivity index (χ1v) is 6.40. The maximum absolute atomic E-state index is 5.90. The highest BCUT2D eigenvalue weighted by Gasteiger charge is 1.98. The van der Waals surface area contributed by atoms with Crippen LogP contribution >= 0.6 is 40.3 Å². The van der Waals surface area contributed by atoms with E-state index in [1.54, 1.807) is 0 Å². The number of halogens is 2. The molecule has 0 atom stereocenters. The largest absolute Gasteiger partial charge is 0.262 e. The average Bonchev–Trinajstić information content (AvgIpc) is 2.09. The molecule has 15 heavy (non-hydrogen) atoms. The predicted octanol–water partition coefficient (Wildman–Crippen LogP) is 4.70. The number of hydrogen-bond acceptors (Lipinski definition) is 2. The Hall–Kier alpha value is 0.300. The molecule has 1 aromatic rings. The van der Waals surface area contributed by atoms with Crippen LogP contribution in [0.15, 0.2) is 22.7 Å². The molecule has 0 radical (unpaired) electrons. The van der Waals surface area contributed by atoms with Gasteiger partial charge in [0.1, 0.15) is 0 Å². The lowest BCUT2D eigenvalue weighted by atomic mass is 10.2. The maximum Gasteiger partial charge on any atom is 0.0462 e. The molecule has 0 unspecified atom stereocenters. The molecule has 0 saturated heterocycles. The third-order valence-corrected chi connectivity index (χ3v) is 2.29. The molecule has 1 nitrogen and oxygen atoms in total. The number of benzene rings is 1. The minimum Gasteiger partial charge on any atom is -0.262 e. The Morgan fingerprint density at radius 1 is 1.40 bits per heavy atom. The van der Waals surface area contributed by atoms with Crippen molar-refractivity contribution >= 4 is 40.3 Å². The van der Waals surface area contributed by atoms with Crippen molar-refractivity contribution in [2.45, 2.75) is 27.3 Å². The van der Waals surface area contributed by atoms with Gasteiger partial charge in [0.05, 0.1) is 0 Å². The van der Waals surface area contributed by atoms with Gasteiger partial charge in [0.2, 0.25) is 0 Å². The molecule has 0 aliphatic heterocycles. The van der Waals surface area contributed by atoms with Crippen LogP contribution in [-0.4, -0.2) is 0 Å². The van der Waals surface area contributed by atoms with Gasteiger partial charge < -0.3 is 0 Å². The van der Waals surface area contributed by atoms with Crippen molar-refractivity contribution in [1.29, 1.82) is 0 Å². The van der Waals surface area contributed by atoms with Crippen LogP contribution in [0.1, 0.15) is 26.3 Å². The van der Waals surface area contributed by atoms with Crippen molar-refractivity contribution in [2.75, 3.05) is 0 Å². The molecule has 0 aliphatic rings. The summed E-state index contributed by atoms with van der Waals surface area (Å²) in [5, 5.41) is 0.751. The molecule has 0 aromatic heterocycles. The van der Waals surface area contributed by atoms with Crippen LogP contribution in [0, 0.1) is 5.92 Å². The van der Waals surface area contributed by atoms with Gasteiger partial charge in [0.15, 0.2) is 0 Å². The normalized spacial score (nSPS) is 9.80. The van der Waals surface area contributed by atoms with Crippen molar-refractivity contribution < 1.29 is 0 Å². The van der Waals surface area contributed by atoms with Gasteiger partial charge in [-0.05, 0) is 23.6 Å². The number of nitrogens with one attached hydrogen (secondary N) is 1. The summed E-state index contributed by atoms with van der Waals surface area (Å²) in [5.74, 6) is 0.833. The van der Waals surface area contributed by atoms with Crippen LogP contribution in [0.2, 0.25) is 5.02 Å². The Morgan fingerprint density at radius 3 is 2.33 bits per heavy atom. The molecular weight excluding hydrogens is 294 g/mol. The monoisotopic (exact) mass is 309 g/mol. The SMILES string of the molecule is CC(C)C.SNCc1ccc(Br)cc1Cl. The summed E-state index contributed by atoms with van der Waals surface area (Å²) < 4.78 is 3.73. The van der Waals surface area contributed by atoms with Gasteiger partial charge in [0.25, 0.3) is 0 Å². The van der Waals surface area contributed by atoms with Crippen LogP contribution < -0.4 is 4.72 Å². The molecule has 0 aliphatic carbocycles. The van der Waals surface area contributed by atoms with Gasteiger partial charge in [-0.3, -0.25) is 4.72 Å². The Balaban J connectivity index is 0.000000423. The zero-order valence-corrected chi connectivity index (χ0v) is 12.5. The molecule has 0 spiro atoms. The van der Waals surface area contributed by atoms with Crippen molar-refractivity contribution in [1.82, 2.24) is 4.72 Å². The van der Waals surface area contributed by atoms with Gasteiger partial charge in [-0.25, -0.2) is 0 Å². The van der Waals surface area contributed by atoms with Gasteiger partial charge in [-0.1, -0.05) is 67.2 Å². The quantitative estimate of drug-likeness (QED) is 0.755. The van der Waals surface area contributed by atoms with E-state index < -0.39 is 0 Å². The van der Waals surface area contributed by atoms with Crippen molar-refractivity contribution in [3.63, 3.8) is 0 Å². The first-order chi connectivity index (χ1) is 6.97. The second-order valence-electron chi connectivity index (χ2n) is 3.80. The number of thiol groups is 1. The predicted molar refractivity (Wildman–Crippen MR) is 75.5 cm³/mol. The molecule has 0 heterocycles. The Morgan fingerprint density at radius 2 is 1.93 bits per heavy atom. The third kappa shape index (κ3) is 8.14. The van der Waals surface area contributed by atoms with Gasteiger partial charge in [-0.2, -0.15) is 0 Å². The fourth-order valence-electron chi connectivity index (χ4n) is 0.750. The highest BCUT2D eigenvalue weighted by atomic mass is 79.9. The van der Waals surface area contributed by atoms with E-state index in [9.17, 15) is 0 Å². The van der Waals surface area contributed by atoms with E-state index in [0.29, 0.717) is 6.54 Å². The molecule has 86 valence electrons. The molecule has 1 aromatic carbocycles. The summed E-state index contributed by atoms with van der Waals surface area (Å²) in [6.07, 6.45) is 0. The van der Waals surface area contributed by atoms with Gasteiger partial charge >= 0.3 is 0 Å². The van der Waals surface area contributed by atoms with E-state index >= 15 is 0 Å². The molecule has 0 amide bonds. The van der Waals surface area contributed by atoms with Crippen LogP contribution in [-0.2, 0) is 6.54 Å². The summed E-state index contributed by atoms with van der Waals surface area (Å²) in [7, 11) is 0. The van der Waals surface area contributed by atoms with E-state index in [4.69, 9.17) is 11.6 Å². The summed E-state index contributed by atoms with van der Waals surface area (Å²) in [4.78, 5) is 0. The zero-order chi connectivity index (χ0) is 11.8. The lowest BCUT2D eigenvalue weighted by Gasteiger charge is -2.01. The van der Waals surface area contributed by atoms with Gasteiger partial charge in [0, 0.05) is 16.0 Å². The van der Waals surface area contributed by atoms with Crippen molar-refractivity contribution in [3.8, 4) is 0 Å². The Bertz CT molecular complexity index is 289. The summed E-state index contributed by atoms with van der Waals surface area (Å²) in [6.45, 7) is 7.18. The molecule has 4 heteroatoms. The highest BCUT2D eigenvalue weighted by molar-refractivity contribution is 9.10. The summed E-state index contributed by atoms with van der Waals surface area (Å²) >= 11 is 13.1. The van der Waals surface area contributed by atoms with Crippen molar-refractivity contribution in [2.24, 2.45) is 5.92 Å². The average molecular weight is 311 g/mol. The van der Waals surface area contributed by atoms with Crippen molar-refractivity contribution in [3.05, 3.63) is 33.3 Å². The Labute approximate surface area is 111 Å². The van der Waals surface area contributed by atoms with Crippen LogP contribution in [0.5, 0.6) is 0 Å². The van der Waals surface area contributed by atoms with Crippen LogP contribution in [0.4, 0.5) is 0 Å². The molecule has 0 saturated carbocycles. The van der Waals surface area contributed by atoms with E-state index in [0.717, 1.165) is 21.0 Å². The minimum atomic E-state index is 0.676. The first-order valence-electron chi connectivity index (χ1n) is 4.78. The summed E-state index contributed by atoms with van der Waals surface area (Å²) in [6, 6.07) is 5.77. The topological polar surface area (TPSA) is 12.0 Å². The fourth-order valence-corrected chi connectivity index (χ4v) is 1.66. The standard InChI is InChI=1S/C7H7BrClNS.C4H10/c8-6-2-1-5(4-10-11)7(9)3-6;1-4(2)3/h1-3,10-11H,4H2;4H,1-3H3.